The van der Waals surface area contributed by atoms with Crippen LogP contribution in [0.1, 0.15) is 45.6 Å². The number of nitrogens with zero attached hydrogens (tertiary/aromatic N) is 1. The maximum atomic E-state index is 6.72. The number of aromatic nitrogens is 1. The molecule has 0 aliphatic heterocycles. The fraction of sp³-hybridized carbons (Fsp3) is 0.526. The summed E-state index contributed by atoms with van der Waals surface area (Å²) in [4.78, 5) is 4.42. The van der Waals surface area contributed by atoms with Crippen LogP contribution in [0.25, 0.3) is 10.9 Å². The number of rotatable bonds is 2. The first kappa shape index (κ1) is 14.8. The van der Waals surface area contributed by atoms with Gasteiger partial charge in [0.2, 0.25) is 0 Å². The molecule has 112 valence electrons. The lowest BCUT2D eigenvalue weighted by Gasteiger charge is -2.42. The summed E-state index contributed by atoms with van der Waals surface area (Å²) in [6.45, 7) is 7.02. The van der Waals surface area contributed by atoms with Gasteiger partial charge in [0.05, 0.1) is 5.52 Å². The molecule has 1 heterocycles. The number of hydrogen-bond acceptors (Lipinski definition) is 1. The first-order chi connectivity index (χ1) is 9.98. The number of hydrogen-bond donors (Lipinski definition) is 0. The Morgan fingerprint density at radius 2 is 2.00 bits per heavy atom. The summed E-state index contributed by atoms with van der Waals surface area (Å²) in [5, 5.41) is 1.51. The molecule has 2 heteroatoms. The van der Waals surface area contributed by atoms with E-state index in [1.165, 1.54) is 23.8 Å². The minimum absolute atomic E-state index is 0.108. The van der Waals surface area contributed by atoms with Crippen molar-refractivity contribution in [3.8, 4) is 0 Å². The second kappa shape index (κ2) is 5.61. The van der Waals surface area contributed by atoms with Crippen LogP contribution in [0.4, 0.5) is 0 Å². The third kappa shape index (κ3) is 2.81. The van der Waals surface area contributed by atoms with Crippen LogP contribution in [0.5, 0.6) is 0 Å². The molecule has 0 amide bonds. The highest BCUT2D eigenvalue weighted by Crippen LogP contribution is 2.44. The predicted octanol–water partition coefficient (Wildman–Crippen LogP) is 5.56. The summed E-state index contributed by atoms with van der Waals surface area (Å²) in [6.07, 6.45) is 5.52. The maximum Gasteiger partial charge on any atom is 0.0702 e. The summed E-state index contributed by atoms with van der Waals surface area (Å²) in [7, 11) is 0. The summed E-state index contributed by atoms with van der Waals surface area (Å²) in [6, 6.07) is 10.8. The van der Waals surface area contributed by atoms with E-state index in [0.717, 1.165) is 17.9 Å². The summed E-state index contributed by atoms with van der Waals surface area (Å²) < 4.78 is 0. The van der Waals surface area contributed by atoms with E-state index < -0.39 is 0 Å². The molecular formula is C19H24ClN. The molecule has 1 nitrogen and oxygen atoms in total. The van der Waals surface area contributed by atoms with Gasteiger partial charge >= 0.3 is 0 Å². The van der Waals surface area contributed by atoms with Gasteiger partial charge in [-0.15, -0.1) is 11.6 Å². The van der Waals surface area contributed by atoms with Crippen LogP contribution in [-0.4, -0.2) is 10.4 Å². The summed E-state index contributed by atoms with van der Waals surface area (Å²) in [5.41, 5.74) is 2.56. The molecule has 0 radical (unpaired) electrons. The standard InChI is InChI=1S/C19H24ClN/c1-13-6-8-16(17(20)11-13)19(2,3)15-7-9-18-14(12-15)5-4-10-21-18/h4-5,7,9-10,12-13,16-17H,6,8,11H2,1-3H3. The van der Waals surface area contributed by atoms with E-state index in [0.29, 0.717) is 5.92 Å². The highest BCUT2D eigenvalue weighted by molar-refractivity contribution is 6.20. The normalized spacial score (nSPS) is 27.0. The smallest absolute Gasteiger partial charge is 0.0702 e. The first-order valence-corrected chi connectivity index (χ1v) is 8.41. The lowest BCUT2D eigenvalue weighted by molar-refractivity contribution is 0.208. The molecule has 3 atom stereocenters. The summed E-state index contributed by atoms with van der Waals surface area (Å²) >= 11 is 6.72. The van der Waals surface area contributed by atoms with Gasteiger partial charge in [0.1, 0.15) is 0 Å². The Balaban J connectivity index is 1.95. The number of halogens is 1. The second-order valence-electron chi connectivity index (χ2n) is 7.17. The second-order valence-corrected chi connectivity index (χ2v) is 7.73. The average molecular weight is 302 g/mol. The minimum Gasteiger partial charge on any atom is -0.256 e. The van der Waals surface area contributed by atoms with Crippen LogP contribution < -0.4 is 0 Å². The fourth-order valence-corrected chi connectivity index (χ4v) is 4.56. The van der Waals surface area contributed by atoms with Crippen LogP contribution >= 0.6 is 11.6 Å². The van der Waals surface area contributed by atoms with Crippen LogP contribution in [0.3, 0.4) is 0 Å². The summed E-state index contributed by atoms with van der Waals surface area (Å²) in [5.74, 6) is 1.31. The number of benzene rings is 1. The molecule has 3 rings (SSSR count). The topological polar surface area (TPSA) is 12.9 Å². The van der Waals surface area contributed by atoms with Crippen molar-refractivity contribution in [1.82, 2.24) is 4.98 Å². The van der Waals surface area contributed by atoms with E-state index in [1.54, 1.807) is 0 Å². The fourth-order valence-electron chi connectivity index (χ4n) is 3.81. The van der Waals surface area contributed by atoms with Crippen LogP contribution in [0.15, 0.2) is 36.5 Å². The monoisotopic (exact) mass is 301 g/mol. The first-order valence-electron chi connectivity index (χ1n) is 7.98. The van der Waals surface area contributed by atoms with E-state index in [4.69, 9.17) is 11.6 Å². The van der Waals surface area contributed by atoms with Gasteiger partial charge in [-0.2, -0.15) is 0 Å². The van der Waals surface area contributed by atoms with Crippen molar-refractivity contribution < 1.29 is 0 Å². The molecule has 0 spiro atoms. The lowest BCUT2D eigenvalue weighted by Crippen LogP contribution is -2.38. The zero-order valence-corrected chi connectivity index (χ0v) is 13.9. The van der Waals surface area contributed by atoms with E-state index in [-0.39, 0.29) is 10.8 Å². The van der Waals surface area contributed by atoms with E-state index >= 15 is 0 Å². The van der Waals surface area contributed by atoms with Gasteiger partial charge in [0.15, 0.2) is 0 Å². The third-order valence-corrected chi connectivity index (χ3v) is 5.79. The third-order valence-electron chi connectivity index (χ3n) is 5.31. The minimum atomic E-state index is 0.108. The molecule has 1 saturated carbocycles. The molecular weight excluding hydrogens is 278 g/mol. The van der Waals surface area contributed by atoms with Crippen LogP contribution in [-0.2, 0) is 5.41 Å². The zero-order chi connectivity index (χ0) is 15.0. The SMILES string of the molecule is CC1CCC(C(C)(C)c2ccc3ncccc3c2)C(Cl)C1. The molecule has 3 unspecified atom stereocenters. The van der Waals surface area contributed by atoms with Crippen molar-refractivity contribution in [2.24, 2.45) is 11.8 Å². The van der Waals surface area contributed by atoms with E-state index in [9.17, 15) is 0 Å². The van der Waals surface area contributed by atoms with Crippen molar-refractivity contribution in [3.63, 3.8) is 0 Å². The van der Waals surface area contributed by atoms with Gasteiger partial charge in [-0.25, -0.2) is 0 Å². The molecule has 1 aromatic heterocycles. The molecule has 1 fully saturated rings. The number of alkyl halides is 1. The van der Waals surface area contributed by atoms with Gasteiger partial charge in [-0.1, -0.05) is 39.3 Å². The highest BCUT2D eigenvalue weighted by atomic mass is 35.5. The van der Waals surface area contributed by atoms with Gasteiger partial charge in [0.25, 0.3) is 0 Å². The Morgan fingerprint density at radius 3 is 2.76 bits per heavy atom. The Labute approximate surface area is 132 Å². The Kier molecular flexibility index (Phi) is 3.96. The Hall–Kier alpha value is -1.08. The molecule has 1 aliphatic rings. The average Bonchev–Trinajstić information content (AvgIpc) is 2.46. The zero-order valence-electron chi connectivity index (χ0n) is 13.1. The van der Waals surface area contributed by atoms with Crippen molar-refractivity contribution in [1.29, 1.82) is 0 Å². The molecule has 2 aromatic rings. The van der Waals surface area contributed by atoms with E-state index in [2.05, 4.69) is 50.0 Å². The Bertz CT molecular complexity index is 634. The molecule has 0 N–H and O–H groups in total. The van der Waals surface area contributed by atoms with Crippen molar-refractivity contribution >= 4 is 22.5 Å². The van der Waals surface area contributed by atoms with Crippen molar-refractivity contribution in [2.75, 3.05) is 0 Å². The maximum absolute atomic E-state index is 6.72. The van der Waals surface area contributed by atoms with Crippen LogP contribution in [0, 0.1) is 11.8 Å². The molecule has 0 bridgehead atoms. The van der Waals surface area contributed by atoms with Crippen LogP contribution in [0.2, 0.25) is 0 Å². The van der Waals surface area contributed by atoms with E-state index in [1.807, 2.05) is 12.3 Å². The van der Waals surface area contributed by atoms with Gasteiger partial charge in [-0.3, -0.25) is 4.98 Å². The lowest BCUT2D eigenvalue weighted by atomic mass is 9.65. The van der Waals surface area contributed by atoms with Gasteiger partial charge < -0.3 is 0 Å². The predicted molar refractivity (Wildman–Crippen MR) is 90.9 cm³/mol. The number of pyridine rings is 1. The van der Waals surface area contributed by atoms with Crippen molar-refractivity contribution in [3.05, 3.63) is 42.1 Å². The molecule has 1 aliphatic carbocycles. The molecule has 21 heavy (non-hydrogen) atoms. The Morgan fingerprint density at radius 1 is 1.19 bits per heavy atom. The highest BCUT2D eigenvalue weighted by Gasteiger charge is 2.39. The van der Waals surface area contributed by atoms with Gasteiger partial charge in [0, 0.05) is 17.0 Å². The molecule has 0 saturated heterocycles. The molecule has 1 aromatic carbocycles. The number of fused-ring (bicyclic) bond motifs is 1. The van der Waals surface area contributed by atoms with Crippen molar-refractivity contribution in [2.45, 2.75) is 50.8 Å². The largest absolute Gasteiger partial charge is 0.256 e. The quantitative estimate of drug-likeness (QED) is 0.662. The van der Waals surface area contributed by atoms with Gasteiger partial charge in [-0.05, 0) is 53.9 Å².